The number of alkyl halides is 3. The van der Waals surface area contributed by atoms with Gasteiger partial charge in [-0.25, -0.2) is 5.53 Å². The van der Waals surface area contributed by atoms with Gasteiger partial charge in [-0.3, -0.25) is 0 Å². The Kier molecular flexibility index (Phi) is 1.85. The van der Waals surface area contributed by atoms with Crippen LogP contribution in [-0.2, 0) is 5.66 Å². The Balaban J connectivity index is 2.35. The Hall–Kier alpha value is -1.79. The second-order valence-corrected chi connectivity index (χ2v) is 3.03. The van der Waals surface area contributed by atoms with Crippen molar-refractivity contribution in [3.05, 3.63) is 29.8 Å². The van der Waals surface area contributed by atoms with Crippen LogP contribution in [0.15, 0.2) is 39.6 Å². The van der Waals surface area contributed by atoms with Gasteiger partial charge in [-0.2, -0.15) is 18.3 Å². The first kappa shape index (κ1) is 9.75. The minimum absolute atomic E-state index is 0.0533. The standard InChI is InChI=1S/C8H5F3N4/c9-8(10,11)7(14-15-7)5-1-3-6(13-12)4-2-5/h1-4,12H. The van der Waals surface area contributed by atoms with E-state index in [9.17, 15) is 13.2 Å². The van der Waals surface area contributed by atoms with Crippen LogP contribution < -0.4 is 0 Å². The molecule has 0 saturated heterocycles. The van der Waals surface area contributed by atoms with Crippen LogP contribution in [0.2, 0.25) is 0 Å². The highest BCUT2D eigenvalue weighted by atomic mass is 19.4. The van der Waals surface area contributed by atoms with Gasteiger partial charge in [-0.1, -0.05) is 12.1 Å². The quantitative estimate of drug-likeness (QED) is 0.732. The number of hydrogen-bond donors (Lipinski definition) is 1. The summed E-state index contributed by atoms with van der Waals surface area (Å²) >= 11 is 0. The Bertz CT molecular complexity index is 415. The molecule has 0 atom stereocenters. The predicted molar refractivity (Wildman–Crippen MR) is 43.8 cm³/mol. The maximum atomic E-state index is 12.5. The first-order valence-electron chi connectivity index (χ1n) is 3.98. The summed E-state index contributed by atoms with van der Waals surface area (Å²) in [6.45, 7) is 0. The lowest BCUT2D eigenvalue weighted by molar-refractivity contribution is -0.166. The van der Waals surface area contributed by atoms with Crippen LogP contribution in [0, 0.1) is 5.53 Å². The van der Waals surface area contributed by atoms with Crippen molar-refractivity contribution in [2.24, 2.45) is 15.3 Å². The summed E-state index contributed by atoms with van der Waals surface area (Å²) in [5.74, 6) is 0. The van der Waals surface area contributed by atoms with E-state index in [1.165, 1.54) is 24.3 Å². The second kappa shape index (κ2) is 2.85. The zero-order valence-electron chi connectivity index (χ0n) is 7.28. The van der Waals surface area contributed by atoms with E-state index in [2.05, 4.69) is 15.3 Å². The molecule has 78 valence electrons. The third-order valence-electron chi connectivity index (χ3n) is 2.09. The molecule has 1 N–H and O–H groups in total. The Morgan fingerprint density at radius 1 is 1.13 bits per heavy atom. The fourth-order valence-corrected chi connectivity index (χ4v) is 1.21. The molecule has 0 aromatic heterocycles. The van der Waals surface area contributed by atoms with Crippen molar-refractivity contribution in [3.63, 3.8) is 0 Å². The van der Waals surface area contributed by atoms with E-state index in [-0.39, 0.29) is 11.3 Å². The van der Waals surface area contributed by atoms with Crippen LogP contribution in [-0.4, -0.2) is 6.18 Å². The van der Waals surface area contributed by atoms with Crippen molar-refractivity contribution in [2.75, 3.05) is 0 Å². The van der Waals surface area contributed by atoms with Gasteiger partial charge in [0.1, 0.15) is 0 Å². The van der Waals surface area contributed by atoms with E-state index in [1.807, 2.05) is 0 Å². The average molecular weight is 214 g/mol. The maximum absolute atomic E-state index is 12.5. The summed E-state index contributed by atoms with van der Waals surface area (Å²) in [7, 11) is 0. The molecule has 0 saturated carbocycles. The summed E-state index contributed by atoms with van der Waals surface area (Å²) in [6.07, 6.45) is -4.51. The highest BCUT2D eigenvalue weighted by molar-refractivity contribution is 5.41. The Morgan fingerprint density at radius 3 is 2.00 bits per heavy atom. The van der Waals surface area contributed by atoms with Crippen LogP contribution in [0.3, 0.4) is 0 Å². The minimum Gasteiger partial charge on any atom is -0.204 e. The van der Waals surface area contributed by atoms with Crippen molar-refractivity contribution in [1.29, 1.82) is 5.53 Å². The third-order valence-corrected chi connectivity index (χ3v) is 2.09. The third kappa shape index (κ3) is 1.39. The maximum Gasteiger partial charge on any atom is 0.442 e. The van der Waals surface area contributed by atoms with Gasteiger partial charge in [-0.05, 0) is 12.1 Å². The molecule has 7 heteroatoms. The first-order valence-corrected chi connectivity index (χ1v) is 3.98. The van der Waals surface area contributed by atoms with Gasteiger partial charge in [0.05, 0.1) is 5.69 Å². The fourth-order valence-electron chi connectivity index (χ4n) is 1.21. The molecule has 15 heavy (non-hydrogen) atoms. The van der Waals surface area contributed by atoms with Crippen LogP contribution in [0.1, 0.15) is 5.56 Å². The van der Waals surface area contributed by atoms with Gasteiger partial charge < -0.3 is 0 Å². The monoisotopic (exact) mass is 214 g/mol. The molecule has 1 aliphatic rings. The molecule has 1 aromatic carbocycles. The largest absolute Gasteiger partial charge is 0.442 e. The zero-order chi connectivity index (χ0) is 11.1. The molecule has 0 fully saturated rings. The minimum atomic E-state index is -4.51. The van der Waals surface area contributed by atoms with Gasteiger partial charge in [0.2, 0.25) is 0 Å². The van der Waals surface area contributed by atoms with Gasteiger partial charge in [0.25, 0.3) is 0 Å². The van der Waals surface area contributed by atoms with Crippen molar-refractivity contribution < 1.29 is 13.2 Å². The molecule has 0 bridgehead atoms. The van der Waals surface area contributed by atoms with E-state index in [4.69, 9.17) is 5.53 Å². The number of nitrogens with zero attached hydrogens (tertiary/aromatic N) is 3. The van der Waals surface area contributed by atoms with Gasteiger partial charge in [0, 0.05) is 5.56 Å². The van der Waals surface area contributed by atoms with Gasteiger partial charge in [0.15, 0.2) is 0 Å². The van der Waals surface area contributed by atoms with Crippen molar-refractivity contribution in [3.8, 4) is 0 Å². The van der Waals surface area contributed by atoms with E-state index >= 15 is 0 Å². The Labute approximate surface area is 82.3 Å². The molecule has 1 aromatic rings. The van der Waals surface area contributed by atoms with Crippen molar-refractivity contribution in [2.45, 2.75) is 11.8 Å². The summed E-state index contributed by atoms with van der Waals surface area (Å²) in [6, 6.07) is 5.08. The summed E-state index contributed by atoms with van der Waals surface area (Å²) in [5, 5.41) is 9.19. The number of nitrogens with one attached hydrogen (secondary N) is 1. The molecule has 0 amide bonds. The van der Waals surface area contributed by atoms with E-state index < -0.39 is 11.8 Å². The number of halogens is 3. The lowest BCUT2D eigenvalue weighted by Gasteiger charge is -2.14. The van der Waals surface area contributed by atoms with Gasteiger partial charge in [-0.15, -0.1) is 10.2 Å². The second-order valence-electron chi connectivity index (χ2n) is 3.03. The normalized spacial score (nSPS) is 17.5. The fraction of sp³-hybridized carbons (Fsp3) is 0.250. The van der Waals surface area contributed by atoms with Gasteiger partial charge >= 0.3 is 11.8 Å². The molecule has 1 heterocycles. The molecular formula is C8H5F3N4. The van der Waals surface area contributed by atoms with Crippen LogP contribution in [0.5, 0.6) is 0 Å². The zero-order valence-corrected chi connectivity index (χ0v) is 7.28. The number of benzene rings is 1. The molecule has 0 spiro atoms. The molecule has 4 nitrogen and oxygen atoms in total. The summed E-state index contributed by atoms with van der Waals surface area (Å²) in [5.41, 5.74) is 4.52. The van der Waals surface area contributed by atoms with Crippen molar-refractivity contribution >= 4 is 5.69 Å². The summed E-state index contributed by atoms with van der Waals surface area (Å²) in [4.78, 5) is 0. The predicted octanol–water partition coefficient (Wildman–Crippen LogP) is 3.53. The van der Waals surface area contributed by atoms with E-state index in [0.717, 1.165) is 0 Å². The highest BCUT2D eigenvalue weighted by Gasteiger charge is 2.65. The first-order chi connectivity index (χ1) is 6.99. The van der Waals surface area contributed by atoms with E-state index in [0.29, 0.717) is 0 Å². The smallest absolute Gasteiger partial charge is 0.204 e. The van der Waals surface area contributed by atoms with Crippen molar-refractivity contribution in [1.82, 2.24) is 0 Å². The van der Waals surface area contributed by atoms with Crippen LogP contribution >= 0.6 is 0 Å². The molecule has 1 aliphatic heterocycles. The molecule has 2 rings (SSSR count). The molecule has 0 unspecified atom stereocenters. The number of rotatable bonds is 2. The Morgan fingerprint density at radius 2 is 1.67 bits per heavy atom. The molecule has 0 radical (unpaired) electrons. The van der Waals surface area contributed by atoms with E-state index in [1.54, 1.807) is 0 Å². The van der Waals surface area contributed by atoms with Crippen LogP contribution in [0.4, 0.5) is 18.9 Å². The highest BCUT2D eigenvalue weighted by Crippen LogP contribution is 2.52. The number of hydrogen-bond acceptors (Lipinski definition) is 4. The molecular weight excluding hydrogens is 209 g/mol. The lowest BCUT2D eigenvalue weighted by Crippen LogP contribution is -2.29. The van der Waals surface area contributed by atoms with Crippen LogP contribution in [0.25, 0.3) is 0 Å². The topological polar surface area (TPSA) is 60.9 Å². The lowest BCUT2D eigenvalue weighted by atomic mass is 10.0. The average Bonchev–Trinajstić information content (AvgIpc) is 2.98. The SMILES string of the molecule is N=Nc1ccc(C2(C(F)(F)F)N=N2)cc1. The molecule has 0 aliphatic carbocycles. The summed E-state index contributed by atoms with van der Waals surface area (Å²) < 4.78 is 37.5.